The molecule has 9 heteroatoms. The minimum atomic E-state index is -3.94. The third kappa shape index (κ3) is 4.40. The maximum Gasteiger partial charge on any atom is 0.267 e. The number of nitrogens with zero attached hydrogens (tertiary/aromatic N) is 1. The van der Waals surface area contributed by atoms with Gasteiger partial charge in [0.25, 0.3) is 16.0 Å². The fraction of sp³-hybridized carbons (Fsp3) is 0.375. The van der Waals surface area contributed by atoms with Crippen molar-refractivity contribution in [2.75, 3.05) is 25.0 Å². The molecule has 1 amide bonds. The molecule has 0 saturated carbocycles. The summed E-state index contributed by atoms with van der Waals surface area (Å²) in [5.41, 5.74) is 4.49. The first-order valence-electron chi connectivity index (χ1n) is 11.1. The Kier molecular flexibility index (Phi) is 5.72. The Morgan fingerprint density at radius 3 is 2.67 bits per heavy atom. The Morgan fingerprint density at radius 1 is 1.12 bits per heavy atom. The average Bonchev–Trinajstić information content (AvgIpc) is 3.32. The zero-order chi connectivity index (χ0) is 23.2. The second kappa shape index (κ2) is 8.55. The van der Waals surface area contributed by atoms with Crippen LogP contribution in [0, 0.1) is 5.82 Å². The molecule has 1 saturated heterocycles. The molecule has 0 unspecified atom stereocenters. The van der Waals surface area contributed by atoms with Crippen molar-refractivity contribution in [1.29, 1.82) is 0 Å². The number of carbonyl (C=O) groups is 1. The molecule has 3 aliphatic heterocycles. The topological polar surface area (TPSA) is 95.9 Å². The van der Waals surface area contributed by atoms with Gasteiger partial charge in [0, 0.05) is 22.4 Å². The highest BCUT2D eigenvalue weighted by atomic mass is 32.2. The Hall–Kier alpha value is -2.75. The number of carbonyl (C=O) groups excluding carboxylic acids is 1. The first kappa shape index (κ1) is 22.1. The fourth-order valence-electron chi connectivity index (χ4n) is 4.88. The fourth-order valence-corrected chi connectivity index (χ4v) is 5.69. The van der Waals surface area contributed by atoms with Crippen LogP contribution in [0.15, 0.2) is 36.4 Å². The van der Waals surface area contributed by atoms with E-state index in [1.807, 2.05) is 12.1 Å². The van der Waals surface area contributed by atoms with Crippen molar-refractivity contribution in [2.24, 2.45) is 0 Å². The van der Waals surface area contributed by atoms with E-state index in [1.165, 1.54) is 17.7 Å². The Morgan fingerprint density at radius 2 is 1.91 bits per heavy atom. The molecule has 0 bridgehead atoms. The number of aryl methyl sites for hydroxylation is 1. The standard InChI is InChI=1S/C24H25FN2O5S/c25-17-4-6-21-20(13-17)22(24(28)26-21)23-19-5-3-15(12-16(19)14-32-23)2-1-9-27-10-7-18(8-11-27)33(29,30)31/h3-6,12-13,18H,1-2,7-11,14H2,(H,26,28)(H,29,30,31)/b23-22+. The molecule has 0 radical (unpaired) electrons. The van der Waals surface area contributed by atoms with E-state index in [2.05, 4.69) is 16.3 Å². The second-order valence-corrected chi connectivity index (χ2v) is 10.5. The average molecular weight is 473 g/mol. The van der Waals surface area contributed by atoms with E-state index in [9.17, 15) is 22.2 Å². The molecule has 2 N–H and O–H groups in total. The number of hydrogen-bond donors (Lipinski definition) is 2. The number of benzene rings is 2. The summed E-state index contributed by atoms with van der Waals surface area (Å²) in [5.74, 6) is -0.209. The van der Waals surface area contributed by atoms with Crippen LogP contribution in [0.2, 0.25) is 0 Å². The van der Waals surface area contributed by atoms with E-state index < -0.39 is 21.2 Å². The van der Waals surface area contributed by atoms with Crippen molar-refractivity contribution in [1.82, 2.24) is 4.90 Å². The molecule has 174 valence electrons. The molecular weight excluding hydrogens is 447 g/mol. The van der Waals surface area contributed by atoms with Gasteiger partial charge in [0.15, 0.2) is 0 Å². The van der Waals surface area contributed by atoms with Gasteiger partial charge in [-0.3, -0.25) is 9.35 Å². The summed E-state index contributed by atoms with van der Waals surface area (Å²) in [6, 6.07) is 10.3. The highest BCUT2D eigenvalue weighted by Crippen LogP contribution is 2.42. The zero-order valence-electron chi connectivity index (χ0n) is 18.0. The van der Waals surface area contributed by atoms with Gasteiger partial charge in [0.2, 0.25) is 0 Å². The van der Waals surface area contributed by atoms with Gasteiger partial charge >= 0.3 is 0 Å². The minimum Gasteiger partial charge on any atom is -0.487 e. The molecule has 2 aromatic rings. The number of amides is 1. The van der Waals surface area contributed by atoms with E-state index in [-0.39, 0.29) is 5.91 Å². The predicted octanol–water partition coefficient (Wildman–Crippen LogP) is 3.46. The van der Waals surface area contributed by atoms with Crippen LogP contribution in [0.3, 0.4) is 0 Å². The smallest absolute Gasteiger partial charge is 0.267 e. The van der Waals surface area contributed by atoms with Crippen molar-refractivity contribution in [2.45, 2.75) is 37.5 Å². The van der Waals surface area contributed by atoms with Crippen LogP contribution < -0.4 is 5.32 Å². The molecule has 33 heavy (non-hydrogen) atoms. The van der Waals surface area contributed by atoms with E-state index in [4.69, 9.17) is 4.74 Å². The van der Waals surface area contributed by atoms with E-state index in [0.29, 0.717) is 55.1 Å². The van der Waals surface area contributed by atoms with Gasteiger partial charge in [-0.15, -0.1) is 0 Å². The van der Waals surface area contributed by atoms with Gasteiger partial charge in [0.1, 0.15) is 18.2 Å². The van der Waals surface area contributed by atoms with Gasteiger partial charge in [0.05, 0.1) is 10.8 Å². The second-order valence-electron chi connectivity index (χ2n) is 8.79. The Balaban J connectivity index is 1.25. The largest absolute Gasteiger partial charge is 0.487 e. The molecular formula is C24H25FN2O5S. The molecule has 0 aliphatic carbocycles. The number of nitrogens with one attached hydrogen (secondary N) is 1. The van der Waals surface area contributed by atoms with Gasteiger partial charge in [-0.1, -0.05) is 18.2 Å². The number of fused-ring (bicyclic) bond motifs is 2. The SMILES string of the molecule is O=C1Nc2ccc(F)cc2/C1=C1\OCc2cc(CCCN3CCC(S(=O)(=O)O)CC3)ccc21. The maximum absolute atomic E-state index is 13.8. The summed E-state index contributed by atoms with van der Waals surface area (Å²) in [4.78, 5) is 14.8. The van der Waals surface area contributed by atoms with Crippen LogP contribution in [-0.4, -0.2) is 48.7 Å². The zero-order valence-corrected chi connectivity index (χ0v) is 18.8. The summed E-state index contributed by atoms with van der Waals surface area (Å²) in [5, 5.41) is 2.13. The van der Waals surface area contributed by atoms with Gasteiger partial charge < -0.3 is 15.0 Å². The van der Waals surface area contributed by atoms with Crippen molar-refractivity contribution >= 4 is 33.0 Å². The van der Waals surface area contributed by atoms with Crippen molar-refractivity contribution in [3.8, 4) is 0 Å². The third-order valence-electron chi connectivity index (χ3n) is 6.64. The van der Waals surface area contributed by atoms with Crippen LogP contribution in [0.25, 0.3) is 11.3 Å². The summed E-state index contributed by atoms with van der Waals surface area (Å²) < 4.78 is 51.4. The van der Waals surface area contributed by atoms with Crippen LogP contribution in [0.4, 0.5) is 10.1 Å². The summed E-state index contributed by atoms with van der Waals surface area (Å²) in [6.07, 6.45) is 2.73. The lowest BCUT2D eigenvalue weighted by atomic mass is 9.98. The molecule has 1 fully saturated rings. The van der Waals surface area contributed by atoms with Crippen molar-refractivity contribution in [3.63, 3.8) is 0 Å². The van der Waals surface area contributed by atoms with Crippen LogP contribution in [0.1, 0.15) is 41.5 Å². The first-order chi connectivity index (χ1) is 15.8. The molecule has 3 heterocycles. The van der Waals surface area contributed by atoms with Crippen molar-refractivity contribution in [3.05, 3.63) is 64.5 Å². The lowest BCUT2D eigenvalue weighted by Gasteiger charge is -2.30. The normalized spacial score (nSPS) is 21.0. The Bertz CT molecular complexity index is 1250. The van der Waals surface area contributed by atoms with Gasteiger partial charge in [-0.05, 0) is 69.1 Å². The van der Waals surface area contributed by atoms with E-state index >= 15 is 0 Å². The highest BCUT2D eigenvalue weighted by Gasteiger charge is 2.33. The van der Waals surface area contributed by atoms with E-state index in [1.54, 1.807) is 6.07 Å². The highest BCUT2D eigenvalue weighted by molar-refractivity contribution is 7.86. The predicted molar refractivity (Wildman–Crippen MR) is 122 cm³/mol. The number of rotatable bonds is 5. The summed E-state index contributed by atoms with van der Waals surface area (Å²) in [7, 11) is -3.94. The van der Waals surface area contributed by atoms with Crippen LogP contribution in [0.5, 0.6) is 0 Å². The lowest BCUT2D eigenvalue weighted by Crippen LogP contribution is -2.39. The van der Waals surface area contributed by atoms with Crippen LogP contribution in [-0.2, 0) is 32.7 Å². The number of hydrogen-bond acceptors (Lipinski definition) is 5. The number of ether oxygens (including phenoxy) is 1. The first-order valence-corrected chi connectivity index (χ1v) is 12.6. The number of halogens is 1. The molecule has 5 rings (SSSR count). The van der Waals surface area contributed by atoms with Crippen LogP contribution >= 0.6 is 0 Å². The lowest BCUT2D eigenvalue weighted by molar-refractivity contribution is -0.110. The maximum atomic E-state index is 13.8. The number of anilines is 1. The molecule has 7 nitrogen and oxygen atoms in total. The van der Waals surface area contributed by atoms with Gasteiger partial charge in [-0.2, -0.15) is 8.42 Å². The Labute approximate surface area is 192 Å². The van der Waals surface area contributed by atoms with Crippen molar-refractivity contribution < 1.29 is 26.9 Å². The van der Waals surface area contributed by atoms with E-state index in [0.717, 1.165) is 30.5 Å². The molecule has 2 aromatic carbocycles. The number of piperidine rings is 1. The summed E-state index contributed by atoms with van der Waals surface area (Å²) in [6.45, 7) is 2.57. The monoisotopic (exact) mass is 472 g/mol. The third-order valence-corrected chi connectivity index (χ3v) is 7.95. The molecule has 0 atom stereocenters. The summed E-state index contributed by atoms with van der Waals surface area (Å²) >= 11 is 0. The molecule has 0 aromatic heterocycles. The molecule has 0 spiro atoms. The quantitative estimate of drug-likeness (QED) is 0.511. The molecule has 3 aliphatic rings. The van der Waals surface area contributed by atoms with Gasteiger partial charge in [-0.25, -0.2) is 4.39 Å². The minimum absolute atomic E-state index is 0.291. The number of likely N-dealkylation sites (tertiary alicyclic amines) is 1.